The number of phenolic OH excluding ortho intramolecular Hbond substituents is 1. The predicted octanol–water partition coefficient (Wildman–Crippen LogP) is 2.64. The van der Waals surface area contributed by atoms with Gasteiger partial charge in [-0.3, -0.25) is 0 Å². The van der Waals surface area contributed by atoms with E-state index in [1.165, 1.54) is 12.8 Å². The maximum Gasteiger partial charge on any atom is 0.117 e. The van der Waals surface area contributed by atoms with Crippen LogP contribution in [0.4, 0.5) is 0 Å². The molecule has 1 aliphatic rings. The van der Waals surface area contributed by atoms with Crippen LogP contribution in [-0.4, -0.2) is 14.7 Å². The molecule has 0 amide bonds. The van der Waals surface area contributed by atoms with E-state index >= 15 is 0 Å². The summed E-state index contributed by atoms with van der Waals surface area (Å²) in [5.74, 6) is 1.46. The Hall–Kier alpha value is -1.51. The highest BCUT2D eigenvalue weighted by molar-refractivity contribution is 5.78. The van der Waals surface area contributed by atoms with E-state index in [9.17, 15) is 5.11 Å². The van der Waals surface area contributed by atoms with Gasteiger partial charge in [0.2, 0.25) is 0 Å². The van der Waals surface area contributed by atoms with Gasteiger partial charge >= 0.3 is 0 Å². The molecule has 3 rings (SSSR count). The minimum atomic E-state index is 0.326. The van der Waals surface area contributed by atoms with Crippen LogP contribution in [0.15, 0.2) is 18.2 Å². The van der Waals surface area contributed by atoms with Crippen LogP contribution in [-0.2, 0) is 6.42 Å². The lowest BCUT2D eigenvalue weighted by Crippen LogP contribution is -1.99. The SMILES string of the molecule is CCc1nc2ccc(O)cc2n1C1CC1. The Kier molecular flexibility index (Phi) is 1.75. The second kappa shape index (κ2) is 2.99. The lowest BCUT2D eigenvalue weighted by Gasteiger charge is -2.05. The summed E-state index contributed by atoms with van der Waals surface area (Å²) >= 11 is 0. The number of hydrogen-bond donors (Lipinski definition) is 1. The standard InChI is InChI=1S/C12H14N2O/c1-2-12-13-10-6-5-9(15)7-11(10)14(12)8-3-4-8/h5-8,15H,2-4H2,1H3. The van der Waals surface area contributed by atoms with Crippen molar-refractivity contribution in [3.63, 3.8) is 0 Å². The van der Waals surface area contributed by atoms with Crippen molar-refractivity contribution in [2.45, 2.75) is 32.2 Å². The first-order valence-corrected chi connectivity index (χ1v) is 5.49. The number of phenols is 1. The van der Waals surface area contributed by atoms with Gasteiger partial charge in [-0.15, -0.1) is 0 Å². The van der Waals surface area contributed by atoms with E-state index in [4.69, 9.17) is 0 Å². The van der Waals surface area contributed by atoms with Gasteiger partial charge in [-0.05, 0) is 25.0 Å². The molecule has 1 aliphatic carbocycles. The molecule has 0 unspecified atom stereocenters. The maximum atomic E-state index is 9.50. The van der Waals surface area contributed by atoms with Crippen molar-refractivity contribution in [3.8, 4) is 5.75 Å². The summed E-state index contributed by atoms with van der Waals surface area (Å²) in [5, 5.41) is 9.50. The normalized spacial score (nSPS) is 16.1. The van der Waals surface area contributed by atoms with E-state index in [1.807, 2.05) is 12.1 Å². The fraction of sp³-hybridized carbons (Fsp3) is 0.417. The molecule has 15 heavy (non-hydrogen) atoms. The van der Waals surface area contributed by atoms with Gasteiger partial charge < -0.3 is 9.67 Å². The molecule has 1 aromatic carbocycles. The highest BCUT2D eigenvalue weighted by Gasteiger charge is 2.27. The molecule has 3 heteroatoms. The Morgan fingerprint density at radius 3 is 2.93 bits per heavy atom. The molecule has 78 valence electrons. The molecule has 0 radical (unpaired) electrons. The van der Waals surface area contributed by atoms with Gasteiger partial charge in [-0.25, -0.2) is 4.98 Å². The topological polar surface area (TPSA) is 38.1 Å². The Morgan fingerprint density at radius 1 is 1.47 bits per heavy atom. The third-order valence-electron chi connectivity index (χ3n) is 2.97. The quantitative estimate of drug-likeness (QED) is 0.813. The highest BCUT2D eigenvalue weighted by Crippen LogP contribution is 2.39. The van der Waals surface area contributed by atoms with E-state index in [0.29, 0.717) is 11.8 Å². The number of nitrogens with zero attached hydrogens (tertiary/aromatic N) is 2. The second-order valence-electron chi connectivity index (χ2n) is 4.16. The summed E-state index contributed by atoms with van der Waals surface area (Å²) in [5.41, 5.74) is 2.07. The smallest absolute Gasteiger partial charge is 0.117 e. The fourth-order valence-electron chi connectivity index (χ4n) is 2.12. The predicted molar refractivity (Wildman–Crippen MR) is 59.0 cm³/mol. The molecule has 2 aromatic rings. The summed E-state index contributed by atoms with van der Waals surface area (Å²) in [4.78, 5) is 4.59. The van der Waals surface area contributed by atoms with Gasteiger partial charge in [0.15, 0.2) is 0 Å². The van der Waals surface area contributed by atoms with Gasteiger partial charge in [0, 0.05) is 18.5 Å². The third-order valence-corrected chi connectivity index (χ3v) is 2.97. The Morgan fingerprint density at radius 2 is 2.27 bits per heavy atom. The number of rotatable bonds is 2. The molecule has 0 aliphatic heterocycles. The number of aryl methyl sites for hydroxylation is 1. The second-order valence-corrected chi connectivity index (χ2v) is 4.16. The zero-order chi connectivity index (χ0) is 10.4. The van der Waals surface area contributed by atoms with Crippen molar-refractivity contribution >= 4 is 11.0 Å². The fourth-order valence-corrected chi connectivity index (χ4v) is 2.12. The molecule has 1 aromatic heterocycles. The summed E-state index contributed by atoms with van der Waals surface area (Å²) in [6.45, 7) is 2.12. The maximum absolute atomic E-state index is 9.50. The van der Waals surface area contributed by atoms with Crippen LogP contribution in [0.25, 0.3) is 11.0 Å². The van der Waals surface area contributed by atoms with E-state index < -0.39 is 0 Å². The number of hydrogen-bond acceptors (Lipinski definition) is 2. The molecule has 0 bridgehead atoms. The Labute approximate surface area is 88.4 Å². The molecule has 0 atom stereocenters. The molecular formula is C12H14N2O. The van der Waals surface area contributed by atoms with Gasteiger partial charge in [0.25, 0.3) is 0 Å². The minimum absolute atomic E-state index is 0.326. The molecule has 1 heterocycles. The molecule has 1 fully saturated rings. The van der Waals surface area contributed by atoms with Crippen molar-refractivity contribution in [1.29, 1.82) is 0 Å². The average molecular weight is 202 g/mol. The average Bonchev–Trinajstić information content (AvgIpc) is 2.99. The first kappa shape index (κ1) is 8.77. The number of aromatic hydroxyl groups is 1. The lowest BCUT2D eigenvalue weighted by molar-refractivity contribution is 0.476. The summed E-state index contributed by atoms with van der Waals surface area (Å²) in [6, 6.07) is 6.03. The van der Waals surface area contributed by atoms with Crippen molar-refractivity contribution in [1.82, 2.24) is 9.55 Å². The molecule has 1 saturated carbocycles. The number of fused-ring (bicyclic) bond motifs is 1. The first-order valence-electron chi connectivity index (χ1n) is 5.49. The molecule has 0 saturated heterocycles. The first-order chi connectivity index (χ1) is 7.29. The van der Waals surface area contributed by atoms with Gasteiger partial charge in [0.05, 0.1) is 11.0 Å². The summed E-state index contributed by atoms with van der Waals surface area (Å²) in [6.07, 6.45) is 3.44. The van der Waals surface area contributed by atoms with Crippen LogP contribution in [0.1, 0.15) is 31.6 Å². The van der Waals surface area contributed by atoms with Crippen LogP contribution in [0.2, 0.25) is 0 Å². The van der Waals surface area contributed by atoms with E-state index in [1.54, 1.807) is 6.07 Å². The van der Waals surface area contributed by atoms with Crippen LogP contribution in [0, 0.1) is 0 Å². The van der Waals surface area contributed by atoms with Crippen molar-refractivity contribution in [2.75, 3.05) is 0 Å². The van der Waals surface area contributed by atoms with Crippen molar-refractivity contribution in [2.24, 2.45) is 0 Å². The third kappa shape index (κ3) is 1.30. The minimum Gasteiger partial charge on any atom is -0.508 e. The highest BCUT2D eigenvalue weighted by atomic mass is 16.3. The number of benzene rings is 1. The van der Waals surface area contributed by atoms with Crippen molar-refractivity contribution < 1.29 is 5.11 Å². The van der Waals surface area contributed by atoms with Gasteiger partial charge in [0.1, 0.15) is 11.6 Å². The van der Waals surface area contributed by atoms with Crippen LogP contribution >= 0.6 is 0 Å². The van der Waals surface area contributed by atoms with Gasteiger partial charge in [-0.1, -0.05) is 6.92 Å². The van der Waals surface area contributed by atoms with Crippen LogP contribution in [0.5, 0.6) is 5.75 Å². The van der Waals surface area contributed by atoms with Crippen molar-refractivity contribution in [3.05, 3.63) is 24.0 Å². The zero-order valence-electron chi connectivity index (χ0n) is 8.77. The zero-order valence-corrected chi connectivity index (χ0v) is 8.77. The van der Waals surface area contributed by atoms with Crippen LogP contribution < -0.4 is 0 Å². The Bertz CT molecular complexity index is 512. The van der Waals surface area contributed by atoms with E-state index in [-0.39, 0.29) is 0 Å². The molecular weight excluding hydrogens is 188 g/mol. The van der Waals surface area contributed by atoms with Gasteiger partial charge in [-0.2, -0.15) is 0 Å². The molecule has 3 nitrogen and oxygen atoms in total. The lowest BCUT2D eigenvalue weighted by atomic mass is 10.3. The monoisotopic (exact) mass is 202 g/mol. The molecule has 0 spiro atoms. The van der Waals surface area contributed by atoms with Crippen LogP contribution in [0.3, 0.4) is 0 Å². The van der Waals surface area contributed by atoms with E-state index in [2.05, 4.69) is 16.5 Å². The summed E-state index contributed by atoms with van der Waals surface area (Å²) in [7, 11) is 0. The summed E-state index contributed by atoms with van der Waals surface area (Å²) < 4.78 is 2.29. The number of aromatic nitrogens is 2. The number of imidazole rings is 1. The van der Waals surface area contributed by atoms with E-state index in [0.717, 1.165) is 23.3 Å². The Balaban J connectivity index is 2.30. The largest absolute Gasteiger partial charge is 0.508 e. The molecule has 1 N–H and O–H groups in total.